The van der Waals surface area contributed by atoms with Crippen molar-refractivity contribution >= 4 is 28.5 Å². The third-order valence-corrected chi connectivity index (χ3v) is 4.50. The summed E-state index contributed by atoms with van der Waals surface area (Å²) in [6, 6.07) is 7.87. The summed E-state index contributed by atoms with van der Waals surface area (Å²) in [5.74, 6) is -0.464. The lowest BCUT2D eigenvalue weighted by molar-refractivity contribution is -0.115. The second-order valence-electron chi connectivity index (χ2n) is 5.74. The fourth-order valence-corrected chi connectivity index (χ4v) is 3.20. The van der Waals surface area contributed by atoms with E-state index >= 15 is 0 Å². The maximum atomic E-state index is 11.6. The fraction of sp³-hybridized carbons (Fsp3) is 0.353. The molecule has 1 aromatic heterocycles. The number of carbonyl (C=O) groups excluding carboxylic acids is 1. The molecule has 1 unspecified atom stereocenters. The van der Waals surface area contributed by atoms with Gasteiger partial charge in [-0.1, -0.05) is 18.2 Å². The van der Waals surface area contributed by atoms with Crippen LogP contribution in [0.1, 0.15) is 12.0 Å². The predicted octanol–water partition coefficient (Wildman–Crippen LogP) is 2.32. The van der Waals surface area contributed by atoms with Crippen LogP contribution in [-0.2, 0) is 20.9 Å². The molecule has 26 heavy (non-hydrogen) atoms. The summed E-state index contributed by atoms with van der Waals surface area (Å²) in [4.78, 5) is 26.4. The maximum absolute atomic E-state index is 11.6. The van der Waals surface area contributed by atoms with Crippen LogP contribution in [0.25, 0.3) is 11.3 Å². The average molecular weight is 377 g/mol. The van der Waals surface area contributed by atoms with Crippen molar-refractivity contribution in [3.63, 3.8) is 0 Å². The van der Waals surface area contributed by atoms with E-state index in [4.69, 9.17) is 14.6 Å². The highest BCUT2D eigenvalue weighted by Gasteiger charge is 2.16. The first-order valence-electron chi connectivity index (χ1n) is 8.11. The molecule has 9 heteroatoms. The first-order chi connectivity index (χ1) is 12.6. The van der Waals surface area contributed by atoms with Gasteiger partial charge < -0.3 is 25.2 Å². The van der Waals surface area contributed by atoms with Gasteiger partial charge >= 0.3 is 6.09 Å². The van der Waals surface area contributed by atoms with Crippen molar-refractivity contribution in [3.8, 4) is 11.3 Å². The van der Waals surface area contributed by atoms with Crippen LogP contribution in [0.3, 0.4) is 0 Å². The molecule has 0 bridgehead atoms. The Morgan fingerprint density at radius 2 is 2.31 bits per heavy atom. The van der Waals surface area contributed by atoms with Gasteiger partial charge in [-0.2, -0.15) is 0 Å². The third kappa shape index (κ3) is 5.25. The summed E-state index contributed by atoms with van der Waals surface area (Å²) in [7, 11) is 0. The lowest BCUT2D eigenvalue weighted by Gasteiger charge is -2.10. The summed E-state index contributed by atoms with van der Waals surface area (Å²) in [5.41, 5.74) is 2.70. The molecule has 0 saturated carbocycles. The Morgan fingerprint density at radius 3 is 3.08 bits per heavy atom. The molecular weight excluding hydrogens is 358 g/mol. The molecule has 8 nitrogen and oxygen atoms in total. The SMILES string of the molecule is O=C(O)NCC(=O)Nc1nc(-c2cccc(COC3CCOC3)c2)cs1. The van der Waals surface area contributed by atoms with E-state index in [2.05, 4.69) is 10.3 Å². The Hall–Kier alpha value is -2.49. The van der Waals surface area contributed by atoms with Gasteiger partial charge in [-0.15, -0.1) is 11.3 Å². The first kappa shape index (κ1) is 18.3. The van der Waals surface area contributed by atoms with Crippen LogP contribution in [0.15, 0.2) is 29.6 Å². The number of nitrogens with zero attached hydrogens (tertiary/aromatic N) is 1. The largest absolute Gasteiger partial charge is 0.465 e. The standard InChI is InChI=1S/C17H19N3O5S/c21-15(7-18-17(22)23)20-16-19-14(10-26-16)12-3-1-2-11(6-12)8-25-13-4-5-24-9-13/h1-3,6,10,13,18H,4-5,7-9H2,(H,22,23)(H,19,20,21). The Kier molecular flexibility index (Phi) is 6.16. The van der Waals surface area contributed by atoms with Crippen LogP contribution in [0.5, 0.6) is 0 Å². The summed E-state index contributed by atoms with van der Waals surface area (Å²) in [6.45, 7) is 1.59. The van der Waals surface area contributed by atoms with Crippen LogP contribution in [0.4, 0.5) is 9.93 Å². The number of rotatable bonds is 7. The van der Waals surface area contributed by atoms with E-state index in [0.717, 1.165) is 29.8 Å². The van der Waals surface area contributed by atoms with Crippen LogP contribution >= 0.6 is 11.3 Å². The number of carbonyl (C=O) groups is 2. The molecule has 138 valence electrons. The summed E-state index contributed by atoms with van der Waals surface area (Å²) in [6.07, 6.45) is -0.173. The molecule has 1 aliphatic heterocycles. The van der Waals surface area contributed by atoms with Crippen LogP contribution in [0.2, 0.25) is 0 Å². The highest BCUT2D eigenvalue weighted by atomic mass is 32.1. The van der Waals surface area contributed by atoms with Crippen molar-refractivity contribution in [2.45, 2.75) is 19.1 Å². The molecule has 0 spiro atoms. The number of carboxylic acid groups (broad SMARTS) is 1. The van der Waals surface area contributed by atoms with Crippen molar-refractivity contribution in [2.24, 2.45) is 0 Å². The highest BCUT2D eigenvalue weighted by molar-refractivity contribution is 7.14. The van der Waals surface area contributed by atoms with Crippen molar-refractivity contribution in [3.05, 3.63) is 35.2 Å². The van der Waals surface area contributed by atoms with Crippen LogP contribution in [-0.4, -0.2) is 48.0 Å². The number of thiazole rings is 1. The lowest BCUT2D eigenvalue weighted by atomic mass is 10.1. The molecule has 1 aliphatic rings. The molecule has 1 fully saturated rings. The second-order valence-corrected chi connectivity index (χ2v) is 6.60. The number of amides is 2. The zero-order valence-corrected chi connectivity index (χ0v) is 14.8. The smallest absolute Gasteiger partial charge is 0.405 e. The molecule has 3 rings (SSSR count). The molecule has 2 amide bonds. The number of ether oxygens (including phenoxy) is 2. The van der Waals surface area contributed by atoms with E-state index in [1.54, 1.807) is 0 Å². The lowest BCUT2D eigenvalue weighted by Crippen LogP contribution is -2.31. The molecule has 0 radical (unpaired) electrons. The van der Waals surface area contributed by atoms with Gasteiger partial charge in [0, 0.05) is 17.6 Å². The fourth-order valence-electron chi connectivity index (χ4n) is 2.46. The minimum atomic E-state index is -1.25. The van der Waals surface area contributed by atoms with Gasteiger partial charge in [-0.05, 0) is 18.1 Å². The van der Waals surface area contributed by atoms with E-state index in [1.165, 1.54) is 11.3 Å². The summed E-state index contributed by atoms with van der Waals surface area (Å²) in [5, 5.41) is 15.3. The normalized spacial score (nSPS) is 16.4. The van der Waals surface area contributed by atoms with Crippen molar-refractivity contribution in [1.82, 2.24) is 10.3 Å². The van der Waals surface area contributed by atoms with Crippen LogP contribution in [0, 0.1) is 0 Å². The predicted molar refractivity (Wildman–Crippen MR) is 96.2 cm³/mol. The van der Waals surface area contributed by atoms with Gasteiger partial charge in [0.2, 0.25) is 5.91 Å². The van der Waals surface area contributed by atoms with Gasteiger partial charge in [-0.3, -0.25) is 4.79 Å². The Morgan fingerprint density at radius 1 is 1.42 bits per heavy atom. The van der Waals surface area contributed by atoms with Gasteiger partial charge in [0.25, 0.3) is 0 Å². The van der Waals surface area contributed by atoms with Crippen molar-refractivity contribution < 1.29 is 24.2 Å². The summed E-state index contributed by atoms with van der Waals surface area (Å²) < 4.78 is 11.1. The zero-order valence-electron chi connectivity index (χ0n) is 13.9. The van der Waals surface area contributed by atoms with E-state index in [0.29, 0.717) is 18.3 Å². The number of hydrogen-bond acceptors (Lipinski definition) is 6. The van der Waals surface area contributed by atoms with Crippen molar-refractivity contribution in [2.75, 3.05) is 25.1 Å². The molecular formula is C17H19N3O5S. The molecule has 2 aromatic rings. The van der Waals surface area contributed by atoms with E-state index in [1.807, 2.05) is 35.0 Å². The number of nitrogens with one attached hydrogen (secondary N) is 2. The monoisotopic (exact) mass is 377 g/mol. The quantitative estimate of drug-likeness (QED) is 0.683. The first-order valence-corrected chi connectivity index (χ1v) is 8.99. The number of hydrogen-bond donors (Lipinski definition) is 3. The number of benzene rings is 1. The molecule has 1 atom stereocenters. The molecule has 1 saturated heterocycles. The van der Waals surface area contributed by atoms with Crippen molar-refractivity contribution in [1.29, 1.82) is 0 Å². The van der Waals surface area contributed by atoms with E-state index in [-0.39, 0.29) is 12.6 Å². The molecule has 0 aliphatic carbocycles. The van der Waals surface area contributed by atoms with E-state index < -0.39 is 12.0 Å². The van der Waals surface area contributed by atoms with Gasteiger partial charge in [0.05, 0.1) is 25.0 Å². The molecule has 2 heterocycles. The van der Waals surface area contributed by atoms with Gasteiger partial charge in [0.15, 0.2) is 5.13 Å². The summed E-state index contributed by atoms with van der Waals surface area (Å²) >= 11 is 1.28. The highest BCUT2D eigenvalue weighted by Crippen LogP contribution is 2.26. The van der Waals surface area contributed by atoms with Crippen LogP contribution < -0.4 is 10.6 Å². The Bertz CT molecular complexity index is 773. The Balaban J connectivity index is 1.58. The van der Waals surface area contributed by atoms with Gasteiger partial charge in [-0.25, -0.2) is 9.78 Å². The number of aromatic nitrogens is 1. The zero-order chi connectivity index (χ0) is 18.4. The minimum absolute atomic E-state index is 0.152. The average Bonchev–Trinajstić information content (AvgIpc) is 3.30. The second kappa shape index (κ2) is 8.75. The third-order valence-electron chi connectivity index (χ3n) is 3.75. The molecule has 1 aromatic carbocycles. The number of anilines is 1. The molecule has 3 N–H and O–H groups in total. The van der Waals surface area contributed by atoms with Gasteiger partial charge in [0.1, 0.15) is 6.54 Å². The maximum Gasteiger partial charge on any atom is 0.405 e. The topological polar surface area (TPSA) is 110 Å². The van der Waals surface area contributed by atoms with E-state index in [9.17, 15) is 9.59 Å². The Labute approximate surface area is 154 Å². The minimum Gasteiger partial charge on any atom is -0.465 e.